The third-order valence-electron chi connectivity index (χ3n) is 4.63. The number of carbonyl (C=O) groups is 2. The predicted octanol–water partition coefficient (Wildman–Crippen LogP) is 2.56. The lowest BCUT2D eigenvalue weighted by Crippen LogP contribution is -2.44. The molecule has 1 N–H and O–H groups in total. The highest BCUT2D eigenvalue weighted by Crippen LogP contribution is 2.34. The molecule has 7 nitrogen and oxygen atoms in total. The number of urea groups is 1. The number of amides is 3. The molecule has 1 aliphatic heterocycles. The van der Waals surface area contributed by atoms with Crippen molar-refractivity contribution in [2.24, 2.45) is 0 Å². The Balaban J connectivity index is 2.32. The third kappa shape index (κ3) is 3.68. The molecule has 0 aromatic heterocycles. The fourth-order valence-corrected chi connectivity index (χ4v) is 3.25. The summed E-state index contributed by atoms with van der Waals surface area (Å²) in [5, 5.41) is 2.87. The summed E-state index contributed by atoms with van der Waals surface area (Å²) in [4.78, 5) is 26.9. The minimum atomic E-state index is -1.09. The summed E-state index contributed by atoms with van der Waals surface area (Å²) < 4.78 is 16.3. The largest absolute Gasteiger partial charge is 0.496 e. The van der Waals surface area contributed by atoms with Crippen LogP contribution in [0, 0.1) is 6.92 Å². The lowest BCUT2D eigenvalue weighted by molar-refractivity contribution is -0.154. The maximum Gasteiger partial charge on any atom is 0.325 e. The van der Waals surface area contributed by atoms with Crippen molar-refractivity contribution in [3.05, 3.63) is 29.3 Å². The molecule has 1 atom stereocenters. The van der Waals surface area contributed by atoms with Crippen molar-refractivity contribution in [2.75, 3.05) is 26.9 Å². The number of methoxy groups -OCH3 is 1. The lowest BCUT2D eigenvalue weighted by atomic mass is 9.86. The highest BCUT2D eigenvalue weighted by molar-refractivity contribution is 6.07. The second-order valence-corrected chi connectivity index (χ2v) is 6.13. The zero-order valence-electron chi connectivity index (χ0n) is 16.1. The van der Waals surface area contributed by atoms with Crippen molar-refractivity contribution >= 4 is 11.9 Å². The van der Waals surface area contributed by atoms with Gasteiger partial charge < -0.3 is 19.5 Å². The van der Waals surface area contributed by atoms with Crippen molar-refractivity contribution in [3.63, 3.8) is 0 Å². The maximum atomic E-state index is 13.2. The van der Waals surface area contributed by atoms with E-state index in [9.17, 15) is 9.59 Å². The average Bonchev–Trinajstić information content (AvgIpc) is 2.87. The van der Waals surface area contributed by atoms with Crippen LogP contribution in [0.2, 0.25) is 0 Å². The van der Waals surface area contributed by atoms with Gasteiger partial charge in [-0.1, -0.05) is 13.0 Å². The molecule has 1 aromatic carbocycles. The highest BCUT2D eigenvalue weighted by atomic mass is 16.7. The van der Waals surface area contributed by atoms with Crippen LogP contribution in [0.3, 0.4) is 0 Å². The first-order valence-corrected chi connectivity index (χ1v) is 8.95. The van der Waals surface area contributed by atoms with E-state index in [1.807, 2.05) is 45.9 Å². The molecule has 1 heterocycles. The van der Waals surface area contributed by atoms with Gasteiger partial charge in [-0.2, -0.15) is 0 Å². The van der Waals surface area contributed by atoms with Gasteiger partial charge in [-0.3, -0.25) is 9.69 Å². The third-order valence-corrected chi connectivity index (χ3v) is 4.63. The average molecular weight is 364 g/mol. The molecule has 0 aliphatic carbocycles. The molecule has 1 saturated heterocycles. The molecule has 3 amide bonds. The van der Waals surface area contributed by atoms with Crippen LogP contribution in [0.15, 0.2) is 18.2 Å². The maximum absolute atomic E-state index is 13.2. The fraction of sp³-hybridized carbons (Fsp3) is 0.579. The molecule has 1 fully saturated rings. The van der Waals surface area contributed by atoms with E-state index in [1.165, 1.54) is 4.90 Å². The van der Waals surface area contributed by atoms with E-state index in [0.717, 1.165) is 16.9 Å². The van der Waals surface area contributed by atoms with Crippen LogP contribution in [0.1, 0.15) is 38.3 Å². The van der Waals surface area contributed by atoms with Crippen LogP contribution in [0.4, 0.5) is 4.79 Å². The number of imide groups is 1. The molecule has 0 spiro atoms. The van der Waals surface area contributed by atoms with Crippen LogP contribution < -0.4 is 10.1 Å². The van der Waals surface area contributed by atoms with Crippen molar-refractivity contribution < 1.29 is 23.8 Å². The first-order valence-electron chi connectivity index (χ1n) is 8.95. The standard InChI is InChI=1S/C19H28N2O5/c1-6-19(14-9-10-15(24-5)13(4)11-14)17(22)21(18(23)20-19)12-16(25-7-2)26-8-3/h9-11,16H,6-8,12H2,1-5H3,(H,20,23). The topological polar surface area (TPSA) is 77.1 Å². The molecule has 1 aromatic rings. The number of hydrogen-bond acceptors (Lipinski definition) is 5. The smallest absolute Gasteiger partial charge is 0.325 e. The molecule has 2 rings (SSSR count). The van der Waals surface area contributed by atoms with Crippen molar-refractivity contribution in [2.45, 2.75) is 45.9 Å². The first-order chi connectivity index (χ1) is 12.4. The molecule has 0 bridgehead atoms. The summed E-state index contributed by atoms with van der Waals surface area (Å²) in [6, 6.07) is 5.08. The van der Waals surface area contributed by atoms with Gasteiger partial charge in [0.25, 0.3) is 5.91 Å². The van der Waals surface area contributed by atoms with E-state index < -0.39 is 17.9 Å². The van der Waals surface area contributed by atoms with Gasteiger partial charge in [-0.25, -0.2) is 4.79 Å². The van der Waals surface area contributed by atoms with E-state index in [-0.39, 0.29) is 12.5 Å². The first kappa shape index (κ1) is 20.2. The molecule has 7 heteroatoms. The van der Waals surface area contributed by atoms with E-state index in [2.05, 4.69) is 5.32 Å². The summed E-state index contributed by atoms with van der Waals surface area (Å²) in [6.45, 7) is 8.40. The number of nitrogens with zero attached hydrogens (tertiary/aromatic N) is 1. The Bertz CT molecular complexity index is 657. The van der Waals surface area contributed by atoms with E-state index in [4.69, 9.17) is 14.2 Å². The molecule has 144 valence electrons. The number of aryl methyl sites for hydroxylation is 1. The van der Waals surface area contributed by atoms with Gasteiger partial charge in [0.2, 0.25) is 0 Å². The van der Waals surface area contributed by atoms with E-state index in [1.54, 1.807) is 7.11 Å². The van der Waals surface area contributed by atoms with Gasteiger partial charge in [-0.15, -0.1) is 0 Å². The SMILES string of the molecule is CCOC(CN1C(=O)NC(CC)(c2ccc(OC)c(C)c2)C1=O)OCC. The van der Waals surface area contributed by atoms with E-state index in [0.29, 0.717) is 19.6 Å². The summed E-state index contributed by atoms with van der Waals surface area (Å²) >= 11 is 0. The van der Waals surface area contributed by atoms with Gasteiger partial charge in [0, 0.05) is 13.2 Å². The van der Waals surface area contributed by atoms with Gasteiger partial charge in [0.05, 0.1) is 13.7 Å². The molecule has 1 aliphatic rings. The van der Waals surface area contributed by atoms with Crippen LogP contribution in [0.25, 0.3) is 0 Å². The van der Waals surface area contributed by atoms with Gasteiger partial charge in [0.1, 0.15) is 11.3 Å². The molecular weight excluding hydrogens is 336 g/mol. The second kappa shape index (κ2) is 8.51. The van der Waals surface area contributed by atoms with Crippen LogP contribution >= 0.6 is 0 Å². The number of nitrogens with one attached hydrogen (secondary N) is 1. The fourth-order valence-electron chi connectivity index (χ4n) is 3.25. The number of carbonyl (C=O) groups excluding carboxylic acids is 2. The van der Waals surface area contributed by atoms with Gasteiger partial charge in [-0.05, 0) is 50.5 Å². The van der Waals surface area contributed by atoms with Gasteiger partial charge >= 0.3 is 6.03 Å². The molecule has 0 radical (unpaired) electrons. The minimum Gasteiger partial charge on any atom is -0.496 e. The monoisotopic (exact) mass is 364 g/mol. The Labute approximate surface area is 154 Å². The molecule has 1 unspecified atom stereocenters. The number of benzene rings is 1. The lowest BCUT2D eigenvalue weighted by Gasteiger charge is -2.27. The molecule has 0 saturated carbocycles. The van der Waals surface area contributed by atoms with Crippen LogP contribution in [-0.2, 0) is 19.8 Å². The van der Waals surface area contributed by atoms with Crippen LogP contribution in [-0.4, -0.2) is 50.0 Å². The number of rotatable bonds is 9. The highest BCUT2D eigenvalue weighted by Gasteiger charge is 2.51. The van der Waals surface area contributed by atoms with Crippen molar-refractivity contribution in [1.29, 1.82) is 0 Å². The van der Waals surface area contributed by atoms with E-state index >= 15 is 0 Å². The van der Waals surface area contributed by atoms with Gasteiger partial charge in [0.15, 0.2) is 6.29 Å². The minimum absolute atomic E-state index is 0.0588. The number of hydrogen-bond donors (Lipinski definition) is 1. The summed E-state index contributed by atoms with van der Waals surface area (Å²) in [6.07, 6.45) is -0.196. The Morgan fingerprint density at radius 1 is 1.15 bits per heavy atom. The van der Waals surface area contributed by atoms with Crippen LogP contribution in [0.5, 0.6) is 5.75 Å². The summed E-state index contributed by atoms with van der Waals surface area (Å²) in [5.41, 5.74) is 0.556. The zero-order chi connectivity index (χ0) is 19.3. The molecule has 26 heavy (non-hydrogen) atoms. The molecular formula is C19H28N2O5. The summed E-state index contributed by atoms with van der Waals surface area (Å²) in [7, 11) is 1.60. The summed E-state index contributed by atoms with van der Waals surface area (Å²) in [5.74, 6) is 0.445. The van der Waals surface area contributed by atoms with Crippen molar-refractivity contribution in [1.82, 2.24) is 10.2 Å². The van der Waals surface area contributed by atoms with Crippen molar-refractivity contribution in [3.8, 4) is 5.75 Å². The normalized spacial score (nSPS) is 20.0. The Kier molecular flexibility index (Phi) is 6.61. The zero-order valence-corrected chi connectivity index (χ0v) is 16.1. The number of ether oxygens (including phenoxy) is 3. The Morgan fingerprint density at radius 2 is 1.81 bits per heavy atom. The Hall–Kier alpha value is -2.12. The Morgan fingerprint density at radius 3 is 2.31 bits per heavy atom. The predicted molar refractivity (Wildman–Crippen MR) is 97.0 cm³/mol. The quantitative estimate of drug-likeness (QED) is 0.538. The second-order valence-electron chi connectivity index (χ2n) is 6.13.